The molecule has 1 aliphatic rings. The molecule has 1 atom stereocenters. The Balaban J connectivity index is 1.69. The number of nitrogens with zero attached hydrogens (tertiary/aromatic N) is 1. The first kappa shape index (κ1) is 16.0. The Morgan fingerprint density at radius 2 is 2.04 bits per heavy atom. The monoisotopic (exact) mass is 396 g/mol. The lowest BCUT2D eigenvalue weighted by Crippen LogP contribution is -2.28. The van der Waals surface area contributed by atoms with Crippen LogP contribution in [0.5, 0.6) is 0 Å². The van der Waals surface area contributed by atoms with Crippen LogP contribution >= 0.6 is 27.5 Å². The second-order valence-electron chi connectivity index (χ2n) is 4.93. The van der Waals surface area contributed by atoms with E-state index < -0.39 is 11.9 Å². The van der Waals surface area contributed by atoms with Gasteiger partial charge in [0.1, 0.15) is 5.82 Å². The van der Waals surface area contributed by atoms with E-state index >= 15 is 0 Å². The number of halogens is 3. The quantitative estimate of drug-likeness (QED) is 0.836. The number of oxime groups is 1. The van der Waals surface area contributed by atoms with Crippen LogP contribution in [0, 0.1) is 5.82 Å². The number of hydrogen-bond donors (Lipinski definition) is 1. The number of carbonyl (C=O) groups is 1. The Bertz CT molecular complexity index is 760. The highest BCUT2D eigenvalue weighted by atomic mass is 79.9. The van der Waals surface area contributed by atoms with Crippen LogP contribution in [-0.2, 0) is 9.63 Å². The van der Waals surface area contributed by atoms with Crippen LogP contribution in [0.1, 0.15) is 12.0 Å². The fourth-order valence-corrected chi connectivity index (χ4v) is 2.73. The SMILES string of the molecule is O=C(Nc1ccc(Br)cc1)[C@H]1CC(c2c(F)cccc2Cl)=NO1. The van der Waals surface area contributed by atoms with Gasteiger partial charge in [-0.1, -0.05) is 38.8 Å². The van der Waals surface area contributed by atoms with Crippen molar-refractivity contribution in [2.24, 2.45) is 5.16 Å². The molecule has 0 aliphatic carbocycles. The maximum absolute atomic E-state index is 13.9. The maximum atomic E-state index is 13.9. The summed E-state index contributed by atoms with van der Waals surface area (Å²) < 4.78 is 14.8. The number of benzene rings is 2. The third-order valence-corrected chi connectivity index (χ3v) is 4.17. The van der Waals surface area contributed by atoms with Crippen LogP contribution in [0.15, 0.2) is 52.1 Å². The summed E-state index contributed by atoms with van der Waals surface area (Å²) >= 11 is 9.32. The van der Waals surface area contributed by atoms with Crippen LogP contribution in [0.25, 0.3) is 0 Å². The zero-order valence-electron chi connectivity index (χ0n) is 11.7. The molecule has 0 fully saturated rings. The van der Waals surface area contributed by atoms with E-state index in [0.29, 0.717) is 11.4 Å². The van der Waals surface area contributed by atoms with Gasteiger partial charge in [-0.25, -0.2) is 4.39 Å². The molecule has 23 heavy (non-hydrogen) atoms. The first-order valence-electron chi connectivity index (χ1n) is 6.78. The van der Waals surface area contributed by atoms with Gasteiger partial charge >= 0.3 is 0 Å². The number of nitrogens with one attached hydrogen (secondary N) is 1. The molecule has 0 spiro atoms. The summed E-state index contributed by atoms with van der Waals surface area (Å²) in [6.45, 7) is 0. The highest BCUT2D eigenvalue weighted by molar-refractivity contribution is 9.10. The maximum Gasteiger partial charge on any atom is 0.268 e. The average Bonchev–Trinajstić information content (AvgIpc) is 2.99. The van der Waals surface area contributed by atoms with Gasteiger partial charge in [0.15, 0.2) is 0 Å². The Hall–Kier alpha value is -1.92. The molecular weight excluding hydrogens is 387 g/mol. The molecule has 2 aromatic carbocycles. The van der Waals surface area contributed by atoms with Crippen molar-refractivity contribution in [2.45, 2.75) is 12.5 Å². The zero-order chi connectivity index (χ0) is 16.4. The van der Waals surface area contributed by atoms with Crippen LogP contribution < -0.4 is 5.32 Å². The van der Waals surface area contributed by atoms with E-state index in [4.69, 9.17) is 16.4 Å². The van der Waals surface area contributed by atoms with Gasteiger partial charge in [0.05, 0.1) is 16.3 Å². The summed E-state index contributed by atoms with van der Waals surface area (Å²) in [7, 11) is 0. The summed E-state index contributed by atoms with van der Waals surface area (Å²) in [6.07, 6.45) is -0.660. The minimum absolute atomic E-state index is 0.156. The highest BCUT2D eigenvalue weighted by Crippen LogP contribution is 2.26. The highest BCUT2D eigenvalue weighted by Gasteiger charge is 2.31. The molecule has 0 saturated heterocycles. The van der Waals surface area contributed by atoms with Crippen molar-refractivity contribution in [3.05, 3.63) is 63.3 Å². The van der Waals surface area contributed by atoms with E-state index in [1.54, 1.807) is 18.2 Å². The minimum atomic E-state index is -0.815. The van der Waals surface area contributed by atoms with E-state index in [0.717, 1.165) is 4.47 Å². The van der Waals surface area contributed by atoms with E-state index in [-0.39, 0.29) is 22.9 Å². The molecule has 4 nitrogen and oxygen atoms in total. The molecule has 0 aromatic heterocycles. The van der Waals surface area contributed by atoms with Gasteiger partial charge < -0.3 is 10.2 Å². The van der Waals surface area contributed by atoms with Gasteiger partial charge in [0.2, 0.25) is 6.10 Å². The molecule has 2 aromatic rings. The Morgan fingerprint density at radius 1 is 1.30 bits per heavy atom. The molecule has 0 unspecified atom stereocenters. The Labute approximate surface area is 145 Å². The molecular formula is C16H11BrClFN2O2. The number of anilines is 1. The fraction of sp³-hybridized carbons (Fsp3) is 0.125. The van der Waals surface area contributed by atoms with Crippen molar-refractivity contribution in [1.82, 2.24) is 0 Å². The van der Waals surface area contributed by atoms with Crippen molar-refractivity contribution in [1.29, 1.82) is 0 Å². The number of hydrogen-bond acceptors (Lipinski definition) is 3. The smallest absolute Gasteiger partial charge is 0.268 e. The molecule has 3 rings (SSSR count). The molecule has 1 heterocycles. The first-order valence-corrected chi connectivity index (χ1v) is 7.95. The minimum Gasteiger partial charge on any atom is -0.382 e. The van der Waals surface area contributed by atoms with Gasteiger partial charge in [-0.3, -0.25) is 4.79 Å². The lowest BCUT2D eigenvalue weighted by molar-refractivity contribution is -0.125. The lowest BCUT2D eigenvalue weighted by atomic mass is 10.0. The summed E-state index contributed by atoms with van der Waals surface area (Å²) in [6, 6.07) is 11.5. The van der Waals surface area contributed by atoms with E-state index in [9.17, 15) is 9.18 Å². The Kier molecular flexibility index (Phi) is 4.63. The summed E-state index contributed by atoms with van der Waals surface area (Å²) in [5.41, 5.74) is 1.14. The fourth-order valence-electron chi connectivity index (χ4n) is 2.20. The third kappa shape index (κ3) is 3.54. The van der Waals surface area contributed by atoms with E-state index in [1.165, 1.54) is 12.1 Å². The first-order chi connectivity index (χ1) is 11.0. The molecule has 7 heteroatoms. The summed E-state index contributed by atoms with van der Waals surface area (Å²) in [5.74, 6) is -0.840. The number of carbonyl (C=O) groups excluding carboxylic acids is 1. The third-order valence-electron chi connectivity index (χ3n) is 3.32. The zero-order valence-corrected chi connectivity index (χ0v) is 14.1. The van der Waals surface area contributed by atoms with Crippen LogP contribution in [0.2, 0.25) is 5.02 Å². The van der Waals surface area contributed by atoms with Crippen molar-refractivity contribution >= 4 is 44.8 Å². The molecule has 118 valence electrons. The molecule has 0 saturated carbocycles. The van der Waals surface area contributed by atoms with Crippen molar-refractivity contribution in [3.63, 3.8) is 0 Å². The number of rotatable bonds is 3. The molecule has 1 aliphatic heterocycles. The van der Waals surface area contributed by atoms with Crippen molar-refractivity contribution in [3.8, 4) is 0 Å². The van der Waals surface area contributed by atoms with Crippen LogP contribution in [-0.4, -0.2) is 17.7 Å². The summed E-state index contributed by atoms with van der Waals surface area (Å²) in [4.78, 5) is 17.3. The number of amides is 1. The largest absolute Gasteiger partial charge is 0.382 e. The van der Waals surface area contributed by atoms with Gasteiger partial charge in [0.25, 0.3) is 5.91 Å². The summed E-state index contributed by atoms with van der Waals surface area (Å²) in [5, 5.41) is 6.77. The van der Waals surface area contributed by atoms with E-state index in [1.807, 2.05) is 12.1 Å². The van der Waals surface area contributed by atoms with Crippen molar-refractivity contribution < 1.29 is 14.0 Å². The van der Waals surface area contributed by atoms with Crippen molar-refractivity contribution in [2.75, 3.05) is 5.32 Å². The Morgan fingerprint density at radius 3 is 2.74 bits per heavy atom. The normalized spacial score (nSPS) is 16.7. The topological polar surface area (TPSA) is 50.7 Å². The van der Waals surface area contributed by atoms with Crippen LogP contribution in [0.3, 0.4) is 0 Å². The molecule has 0 bridgehead atoms. The second-order valence-corrected chi connectivity index (χ2v) is 6.25. The van der Waals surface area contributed by atoms with Gasteiger partial charge in [-0.2, -0.15) is 0 Å². The lowest BCUT2D eigenvalue weighted by Gasteiger charge is -2.09. The molecule has 0 radical (unpaired) electrons. The van der Waals surface area contributed by atoms with Gasteiger partial charge in [0, 0.05) is 16.6 Å². The van der Waals surface area contributed by atoms with Gasteiger partial charge in [-0.15, -0.1) is 0 Å². The predicted molar refractivity (Wildman–Crippen MR) is 90.2 cm³/mol. The second kappa shape index (κ2) is 6.68. The van der Waals surface area contributed by atoms with E-state index in [2.05, 4.69) is 26.4 Å². The molecule has 1 amide bonds. The average molecular weight is 398 g/mol. The van der Waals surface area contributed by atoms with Gasteiger partial charge in [-0.05, 0) is 36.4 Å². The van der Waals surface area contributed by atoms with Crippen LogP contribution in [0.4, 0.5) is 10.1 Å². The predicted octanol–water partition coefficient (Wildman–Crippen LogP) is 4.37. The standard InChI is InChI=1S/C16H11BrClFN2O2/c17-9-4-6-10(7-5-9)20-16(22)14-8-13(21-23-14)15-11(18)2-1-3-12(15)19/h1-7,14H,8H2,(H,20,22)/t14-/m1/s1. The molecule has 1 N–H and O–H groups in total.